The average molecular weight is 263 g/mol. The standard InChI is InChI=1S/C12H25NO3S/c1-2-8-13(9-10-14)17(15,16)11-12-6-4-3-5-7-12/h12,14H,2-11H2,1H3. The van der Waals surface area contributed by atoms with Gasteiger partial charge in [-0.05, 0) is 25.2 Å². The molecule has 1 saturated carbocycles. The average Bonchev–Trinajstić information content (AvgIpc) is 2.29. The largest absolute Gasteiger partial charge is 0.395 e. The molecule has 0 spiro atoms. The van der Waals surface area contributed by atoms with Crippen molar-refractivity contribution in [3.05, 3.63) is 0 Å². The van der Waals surface area contributed by atoms with Crippen molar-refractivity contribution in [3.63, 3.8) is 0 Å². The predicted molar refractivity (Wildman–Crippen MR) is 69.3 cm³/mol. The molecule has 0 heterocycles. The molecule has 1 rings (SSSR count). The molecule has 102 valence electrons. The van der Waals surface area contributed by atoms with Crippen molar-refractivity contribution in [2.24, 2.45) is 5.92 Å². The third-order valence-corrected chi connectivity index (χ3v) is 5.43. The number of nitrogens with zero attached hydrogens (tertiary/aromatic N) is 1. The van der Waals surface area contributed by atoms with Crippen molar-refractivity contribution in [1.82, 2.24) is 4.31 Å². The van der Waals surface area contributed by atoms with Crippen LogP contribution in [0.1, 0.15) is 45.4 Å². The third-order valence-electron chi connectivity index (χ3n) is 3.39. The van der Waals surface area contributed by atoms with E-state index in [0.29, 0.717) is 12.5 Å². The van der Waals surface area contributed by atoms with Gasteiger partial charge in [0, 0.05) is 13.1 Å². The zero-order chi connectivity index (χ0) is 12.7. The van der Waals surface area contributed by atoms with Gasteiger partial charge in [0.25, 0.3) is 0 Å². The SMILES string of the molecule is CCCN(CCO)S(=O)(=O)CC1CCCCC1. The molecule has 0 saturated heterocycles. The summed E-state index contributed by atoms with van der Waals surface area (Å²) in [5, 5.41) is 8.93. The highest BCUT2D eigenvalue weighted by Gasteiger charge is 2.26. The molecule has 0 atom stereocenters. The molecular formula is C12H25NO3S. The molecule has 1 aliphatic carbocycles. The first-order valence-corrected chi connectivity index (χ1v) is 8.29. The van der Waals surface area contributed by atoms with Crippen molar-refractivity contribution in [1.29, 1.82) is 0 Å². The van der Waals surface area contributed by atoms with Gasteiger partial charge in [-0.1, -0.05) is 26.2 Å². The van der Waals surface area contributed by atoms with Gasteiger partial charge < -0.3 is 5.11 Å². The van der Waals surface area contributed by atoms with E-state index in [2.05, 4.69) is 0 Å². The van der Waals surface area contributed by atoms with Crippen molar-refractivity contribution < 1.29 is 13.5 Å². The Morgan fingerprint density at radius 3 is 2.35 bits per heavy atom. The fourth-order valence-electron chi connectivity index (χ4n) is 2.51. The second-order valence-corrected chi connectivity index (χ2v) is 6.92. The van der Waals surface area contributed by atoms with Crippen molar-refractivity contribution >= 4 is 10.0 Å². The highest BCUT2D eigenvalue weighted by molar-refractivity contribution is 7.89. The summed E-state index contributed by atoms with van der Waals surface area (Å²) in [4.78, 5) is 0. The second-order valence-electron chi connectivity index (χ2n) is 4.91. The van der Waals surface area contributed by atoms with Gasteiger partial charge in [-0.3, -0.25) is 0 Å². The maximum absolute atomic E-state index is 12.2. The van der Waals surface area contributed by atoms with E-state index in [1.54, 1.807) is 0 Å². The molecule has 1 fully saturated rings. The quantitative estimate of drug-likeness (QED) is 0.759. The summed E-state index contributed by atoms with van der Waals surface area (Å²) >= 11 is 0. The number of hydrogen-bond donors (Lipinski definition) is 1. The predicted octanol–water partition coefficient (Wildman–Crippen LogP) is 1.60. The van der Waals surface area contributed by atoms with Crippen LogP contribution in [0.2, 0.25) is 0 Å². The molecule has 0 aromatic rings. The van der Waals surface area contributed by atoms with Crippen LogP contribution in [0, 0.1) is 5.92 Å². The zero-order valence-corrected chi connectivity index (χ0v) is 11.6. The van der Waals surface area contributed by atoms with Crippen LogP contribution in [0.3, 0.4) is 0 Å². The lowest BCUT2D eigenvalue weighted by Gasteiger charge is -2.26. The Morgan fingerprint density at radius 1 is 1.18 bits per heavy atom. The second kappa shape index (κ2) is 7.34. The topological polar surface area (TPSA) is 57.6 Å². The van der Waals surface area contributed by atoms with Crippen molar-refractivity contribution in [2.75, 3.05) is 25.4 Å². The normalized spacial score (nSPS) is 18.8. The maximum Gasteiger partial charge on any atom is 0.214 e. The smallest absolute Gasteiger partial charge is 0.214 e. The van der Waals surface area contributed by atoms with Gasteiger partial charge in [-0.25, -0.2) is 8.42 Å². The van der Waals surface area contributed by atoms with Crippen LogP contribution in [-0.2, 0) is 10.0 Å². The van der Waals surface area contributed by atoms with Crippen LogP contribution in [-0.4, -0.2) is 43.3 Å². The minimum Gasteiger partial charge on any atom is -0.395 e. The third kappa shape index (κ3) is 4.94. The van der Waals surface area contributed by atoms with Gasteiger partial charge in [-0.15, -0.1) is 0 Å². The molecule has 0 aromatic carbocycles. The zero-order valence-electron chi connectivity index (χ0n) is 10.8. The molecule has 0 aliphatic heterocycles. The van der Waals surface area contributed by atoms with Gasteiger partial charge in [0.05, 0.1) is 12.4 Å². The van der Waals surface area contributed by atoms with Crippen LogP contribution in [0.25, 0.3) is 0 Å². The van der Waals surface area contributed by atoms with Gasteiger partial charge >= 0.3 is 0 Å². The van der Waals surface area contributed by atoms with E-state index in [9.17, 15) is 8.42 Å². The molecule has 0 amide bonds. The van der Waals surface area contributed by atoms with Crippen molar-refractivity contribution in [3.8, 4) is 0 Å². The molecule has 17 heavy (non-hydrogen) atoms. The summed E-state index contributed by atoms with van der Waals surface area (Å²) in [5.41, 5.74) is 0. The van der Waals surface area contributed by atoms with E-state index >= 15 is 0 Å². The Labute approximate surface area is 105 Å². The lowest BCUT2D eigenvalue weighted by atomic mass is 9.91. The molecule has 0 bridgehead atoms. The van der Waals surface area contributed by atoms with Gasteiger partial charge in [-0.2, -0.15) is 4.31 Å². The van der Waals surface area contributed by atoms with Crippen LogP contribution < -0.4 is 0 Å². The Balaban J connectivity index is 2.56. The van der Waals surface area contributed by atoms with E-state index in [-0.39, 0.29) is 18.9 Å². The van der Waals surface area contributed by atoms with Gasteiger partial charge in [0.15, 0.2) is 0 Å². The Hall–Kier alpha value is -0.130. The minimum atomic E-state index is -3.17. The first kappa shape index (κ1) is 14.9. The summed E-state index contributed by atoms with van der Waals surface area (Å²) in [6.07, 6.45) is 6.44. The van der Waals surface area contributed by atoms with E-state index < -0.39 is 10.0 Å². The number of aliphatic hydroxyl groups excluding tert-OH is 1. The molecule has 1 N–H and O–H groups in total. The van der Waals surface area contributed by atoms with Gasteiger partial charge in [0.1, 0.15) is 0 Å². The first-order chi connectivity index (χ1) is 8.10. The minimum absolute atomic E-state index is 0.0934. The molecular weight excluding hydrogens is 238 g/mol. The monoisotopic (exact) mass is 263 g/mol. The summed E-state index contributed by atoms with van der Waals surface area (Å²) in [6.45, 7) is 2.63. The van der Waals surface area contributed by atoms with Crippen LogP contribution >= 0.6 is 0 Å². The summed E-state index contributed by atoms with van der Waals surface area (Å²) in [6, 6.07) is 0. The summed E-state index contributed by atoms with van der Waals surface area (Å²) in [7, 11) is -3.17. The van der Waals surface area contributed by atoms with Crippen LogP contribution in [0.15, 0.2) is 0 Å². The highest BCUT2D eigenvalue weighted by Crippen LogP contribution is 2.25. The van der Waals surface area contributed by atoms with Gasteiger partial charge in [0.2, 0.25) is 10.0 Å². The number of rotatable bonds is 7. The first-order valence-electron chi connectivity index (χ1n) is 6.69. The molecule has 0 radical (unpaired) electrons. The van der Waals surface area contributed by atoms with Crippen molar-refractivity contribution in [2.45, 2.75) is 45.4 Å². The number of aliphatic hydroxyl groups is 1. The summed E-state index contributed by atoms with van der Waals surface area (Å²) < 4.78 is 25.8. The highest BCUT2D eigenvalue weighted by atomic mass is 32.2. The van der Waals surface area contributed by atoms with E-state index in [1.807, 2.05) is 6.92 Å². The van der Waals surface area contributed by atoms with E-state index in [1.165, 1.54) is 10.7 Å². The van der Waals surface area contributed by atoms with E-state index in [0.717, 1.165) is 32.1 Å². The lowest BCUT2D eigenvalue weighted by molar-refractivity contribution is 0.252. The van der Waals surface area contributed by atoms with Crippen LogP contribution in [0.5, 0.6) is 0 Å². The maximum atomic E-state index is 12.2. The molecule has 0 aromatic heterocycles. The Morgan fingerprint density at radius 2 is 1.82 bits per heavy atom. The molecule has 0 unspecified atom stereocenters. The van der Waals surface area contributed by atoms with E-state index in [4.69, 9.17) is 5.11 Å². The lowest BCUT2D eigenvalue weighted by Crippen LogP contribution is -2.38. The molecule has 5 heteroatoms. The fourth-order valence-corrected chi connectivity index (χ4v) is 4.47. The number of hydrogen-bond acceptors (Lipinski definition) is 3. The molecule has 1 aliphatic rings. The van der Waals surface area contributed by atoms with Crippen LogP contribution in [0.4, 0.5) is 0 Å². The Kier molecular flexibility index (Phi) is 6.44. The summed E-state index contributed by atoms with van der Waals surface area (Å²) in [5.74, 6) is 0.597. The Bertz CT molecular complexity index is 291. The number of sulfonamides is 1. The molecule has 4 nitrogen and oxygen atoms in total. The fraction of sp³-hybridized carbons (Fsp3) is 1.00.